The molecule has 0 radical (unpaired) electrons. The summed E-state index contributed by atoms with van der Waals surface area (Å²) in [6, 6.07) is 4.23. The first-order valence-electron chi connectivity index (χ1n) is 8.13. The fraction of sp³-hybridized carbons (Fsp3) is 0.625. The van der Waals surface area contributed by atoms with Gasteiger partial charge in [-0.05, 0) is 32.5 Å². The molecule has 0 aromatic carbocycles. The lowest BCUT2D eigenvalue weighted by Crippen LogP contribution is -2.44. The number of hydrogen-bond acceptors (Lipinski definition) is 4. The standard InChI is InChI=1S/C16H28N6.HI/c1-4-17-16(18-5-2)20-13-14-6-7-15(19-12-14)22-10-8-21(3)9-11-22;/h6-7,12H,4-5,8-11,13H2,1-3H3,(H2,17,18,20);1H. The van der Waals surface area contributed by atoms with Crippen molar-refractivity contribution in [1.29, 1.82) is 0 Å². The highest BCUT2D eigenvalue weighted by atomic mass is 127. The first-order valence-corrected chi connectivity index (χ1v) is 8.13. The van der Waals surface area contributed by atoms with Crippen LogP contribution in [0.2, 0.25) is 0 Å². The Kier molecular flexibility index (Phi) is 9.23. The fourth-order valence-electron chi connectivity index (χ4n) is 2.41. The molecule has 0 bridgehead atoms. The van der Waals surface area contributed by atoms with E-state index in [4.69, 9.17) is 0 Å². The maximum Gasteiger partial charge on any atom is 0.191 e. The monoisotopic (exact) mass is 432 g/mol. The van der Waals surface area contributed by atoms with Crippen LogP contribution in [0.25, 0.3) is 0 Å². The lowest BCUT2D eigenvalue weighted by atomic mass is 10.2. The Bertz CT molecular complexity index is 460. The van der Waals surface area contributed by atoms with Crippen LogP contribution in [-0.4, -0.2) is 62.2 Å². The summed E-state index contributed by atoms with van der Waals surface area (Å²) in [6.45, 7) is 10.8. The Morgan fingerprint density at radius 2 is 1.78 bits per heavy atom. The molecule has 0 atom stereocenters. The van der Waals surface area contributed by atoms with Gasteiger partial charge in [0.1, 0.15) is 5.82 Å². The Balaban J connectivity index is 0.00000264. The van der Waals surface area contributed by atoms with Crippen molar-refractivity contribution in [1.82, 2.24) is 20.5 Å². The number of halogens is 1. The van der Waals surface area contributed by atoms with Gasteiger partial charge < -0.3 is 20.4 Å². The zero-order chi connectivity index (χ0) is 15.8. The van der Waals surface area contributed by atoms with Crippen molar-refractivity contribution in [3.8, 4) is 0 Å². The number of pyridine rings is 1. The number of aliphatic imine (C=N–C) groups is 1. The molecule has 2 rings (SSSR count). The van der Waals surface area contributed by atoms with Gasteiger partial charge >= 0.3 is 0 Å². The quantitative estimate of drug-likeness (QED) is 0.420. The second-order valence-electron chi connectivity index (χ2n) is 5.54. The van der Waals surface area contributed by atoms with E-state index in [1.54, 1.807) is 0 Å². The molecule has 1 aromatic rings. The number of piperazine rings is 1. The Morgan fingerprint density at radius 1 is 1.13 bits per heavy atom. The maximum atomic E-state index is 4.59. The molecule has 1 saturated heterocycles. The van der Waals surface area contributed by atoms with Gasteiger partial charge in [0.25, 0.3) is 0 Å². The van der Waals surface area contributed by atoms with E-state index >= 15 is 0 Å². The minimum Gasteiger partial charge on any atom is -0.357 e. The van der Waals surface area contributed by atoms with E-state index in [0.29, 0.717) is 6.54 Å². The Labute approximate surface area is 156 Å². The summed E-state index contributed by atoms with van der Waals surface area (Å²) in [7, 11) is 2.16. The largest absolute Gasteiger partial charge is 0.357 e. The second-order valence-corrected chi connectivity index (χ2v) is 5.54. The summed E-state index contributed by atoms with van der Waals surface area (Å²) in [6.07, 6.45) is 1.94. The SMILES string of the molecule is CCNC(=NCc1ccc(N2CCN(C)CC2)nc1)NCC.I. The number of nitrogens with one attached hydrogen (secondary N) is 2. The van der Waals surface area contributed by atoms with Gasteiger partial charge in [0, 0.05) is 45.5 Å². The van der Waals surface area contributed by atoms with Crippen LogP contribution < -0.4 is 15.5 Å². The van der Waals surface area contributed by atoms with Gasteiger partial charge in [-0.2, -0.15) is 0 Å². The van der Waals surface area contributed by atoms with E-state index < -0.39 is 0 Å². The van der Waals surface area contributed by atoms with Gasteiger partial charge in [-0.25, -0.2) is 9.98 Å². The Morgan fingerprint density at radius 3 is 2.30 bits per heavy atom. The molecular weight excluding hydrogens is 403 g/mol. The molecule has 2 heterocycles. The van der Waals surface area contributed by atoms with E-state index in [9.17, 15) is 0 Å². The van der Waals surface area contributed by atoms with Gasteiger partial charge in [0.15, 0.2) is 5.96 Å². The van der Waals surface area contributed by atoms with Crippen molar-refractivity contribution < 1.29 is 0 Å². The average Bonchev–Trinajstić information content (AvgIpc) is 2.54. The van der Waals surface area contributed by atoms with Gasteiger partial charge in [-0.1, -0.05) is 6.07 Å². The third kappa shape index (κ3) is 6.50. The zero-order valence-electron chi connectivity index (χ0n) is 14.4. The van der Waals surface area contributed by atoms with Gasteiger partial charge in [0.2, 0.25) is 0 Å². The van der Waals surface area contributed by atoms with Crippen LogP contribution in [0, 0.1) is 0 Å². The highest BCUT2D eigenvalue weighted by molar-refractivity contribution is 14.0. The molecule has 0 amide bonds. The molecule has 0 unspecified atom stereocenters. The number of rotatable bonds is 5. The molecule has 1 fully saturated rings. The van der Waals surface area contributed by atoms with Crippen molar-refractivity contribution in [3.05, 3.63) is 23.9 Å². The van der Waals surface area contributed by atoms with Crippen LogP contribution in [0.4, 0.5) is 5.82 Å². The zero-order valence-corrected chi connectivity index (χ0v) is 16.7. The van der Waals surface area contributed by atoms with E-state index in [1.807, 2.05) is 6.20 Å². The van der Waals surface area contributed by atoms with Gasteiger partial charge in [-0.15, -0.1) is 24.0 Å². The van der Waals surface area contributed by atoms with Crippen LogP contribution in [0.1, 0.15) is 19.4 Å². The van der Waals surface area contributed by atoms with Crippen molar-refractivity contribution in [3.63, 3.8) is 0 Å². The lowest BCUT2D eigenvalue weighted by molar-refractivity contribution is 0.312. The normalized spacial score (nSPS) is 14.8. The first-order chi connectivity index (χ1) is 10.7. The molecule has 7 heteroatoms. The van der Waals surface area contributed by atoms with E-state index in [-0.39, 0.29) is 24.0 Å². The van der Waals surface area contributed by atoms with Gasteiger partial charge in [-0.3, -0.25) is 0 Å². The molecule has 0 spiro atoms. The topological polar surface area (TPSA) is 55.8 Å². The summed E-state index contributed by atoms with van der Waals surface area (Å²) in [4.78, 5) is 13.8. The molecule has 1 aliphatic rings. The molecule has 1 aromatic heterocycles. The average molecular weight is 432 g/mol. The molecule has 130 valence electrons. The third-order valence-corrected chi connectivity index (χ3v) is 3.74. The van der Waals surface area contributed by atoms with Crippen molar-refractivity contribution >= 4 is 35.8 Å². The lowest BCUT2D eigenvalue weighted by Gasteiger charge is -2.33. The number of anilines is 1. The minimum absolute atomic E-state index is 0. The minimum atomic E-state index is 0. The Hall–Kier alpha value is -1.09. The molecule has 0 aliphatic carbocycles. The second kappa shape index (κ2) is 10.6. The fourth-order valence-corrected chi connectivity index (χ4v) is 2.41. The van der Waals surface area contributed by atoms with Crippen LogP contribution >= 0.6 is 24.0 Å². The molecular formula is C16H29IN6. The smallest absolute Gasteiger partial charge is 0.191 e. The summed E-state index contributed by atoms with van der Waals surface area (Å²) >= 11 is 0. The summed E-state index contributed by atoms with van der Waals surface area (Å²) in [5.74, 6) is 1.92. The summed E-state index contributed by atoms with van der Waals surface area (Å²) in [5, 5.41) is 6.45. The van der Waals surface area contributed by atoms with Crippen LogP contribution in [0.3, 0.4) is 0 Å². The van der Waals surface area contributed by atoms with Crippen LogP contribution in [0.15, 0.2) is 23.3 Å². The van der Waals surface area contributed by atoms with E-state index in [0.717, 1.165) is 56.6 Å². The van der Waals surface area contributed by atoms with Crippen molar-refractivity contribution in [2.75, 3.05) is 51.2 Å². The summed E-state index contributed by atoms with van der Waals surface area (Å²) < 4.78 is 0. The van der Waals surface area contributed by atoms with Crippen molar-refractivity contribution in [2.45, 2.75) is 20.4 Å². The number of guanidine groups is 1. The number of likely N-dealkylation sites (N-methyl/N-ethyl adjacent to an activating group) is 1. The molecule has 6 nitrogen and oxygen atoms in total. The predicted octanol–water partition coefficient (Wildman–Crippen LogP) is 1.53. The highest BCUT2D eigenvalue weighted by Gasteiger charge is 2.14. The number of aromatic nitrogens is 1. The molecule has 2 N–H and O–H groups in total. The predicted molar refractivity (Wildman–Crippen MR) is 108 cm³/mol. The molecule has 1 aliphatic heterocycles. The third-order valence-electron chi connectivity index (χ3n) is 3.74. The van der Waals surface area contributed by atoms with Crippen LogP contribution in [0.5, 0.6) is 0 Å². The van der Waals surface area contributed by atoms with E-state index in [2.05, 4.69) is 63.4 Å². The van der Waals surface area contributed by atoms with Gasteiger partial charge in [0.05, 0.1) is 6.54 Å². The number of hydrogen-bond donors (Lipinski definition) is 2. The number of nitrogens with zero attached hydrogens (tertiary/aromatic N) is 4. The highest BCUT2D eigenvalue weighted by Crippen LogP contribution is 2.13. The maximum absolute atomic E-state index is 4.59. The molecule has 0 saturated carbocycles. The van der Waals surface area contributed by atoms with Crippen molar-refractivity contribution in [2.24, 2.45) is 4.99 Å². The van der Waals surface area contributed by atoms with Crippen LogP contribution in [-0.2, 0) is 6.54 Å². The summed E-state index contributed by atoms with van der Waals surface area (Å²) in [5.41, 5.74) is 1.13. The molecule has 23 heavy (non-hydrogen) atoms. The van der Waals surface area contributed by atoms with E-state index in [1.165, 1.54) is 0 Å². The first kappa shape index (κ1) is 20.0.